The minimum absolute atomic E-state index is 0.128. The monoisotopic (exact) mass is 298 g/mol. The molecule has 0 radical (unpaired) electrons. The Balaban J connectivity index is 2.04. The molecule has 4 rings (SSSR count). The standard InChI is InChI=1S/C14H11FN6O/c1-2-20-7-8(6-16-20)12-18-13-9-4-3-5-10(15)11(9)17-14(22)21(13)19-12/h3-7H,2H2,1H3,(H,17,22). The van der Waals surface area contributed by atoms with Gasteiger partial charge in [-0.25, -0.2) is 14.2 Å². The lowest BCUT2D eigenvalue weighted by molar-refractivity contribution is 0.635. The number of aromatic nitrogens is 6. The molecule has 7 nitrogen and oxygen atoms in total. The van der Waals surface area contributed by atoms with Crippen molar-refractivity contribution in [1.82, 2.24) is 29.4 Å². The molecule has 0 fully saturated rings. The summed E-state index contributed by atoms with van der Waals surface area (Å²) in [6.07, 6.45) is 3.43. The average molecular weight is 298 g/mol. The molecule has 110 valence electrons. The fraction of sp³-hybridized carbons (Fsp3) is 0.143. The molecule has 0 aliphatic carbocycles. The fourth-order valence-electron chi connectivity index (χ4n) is 2.40. The molecular weight excluding hydrogens is 287 g/mol. The summed E-state index contributed by atoms with van der Waals surface area (Å²) in [6.45, 7) is 2.69. The van der Waals surface area contributed by atoms with Crippen LogP contribution in [0.15, 0.2) is 35.4 Å². The zero-order valence-corrected chi connectivity index (χ0v) is 11.6. The van der Waals surface area contributed by atoms with Gasteiger partial charge in [0.2, 0.25) is 0 Å². The number of nitrogens with zero attached hydrogens (tertiary/aromatic N) is 5. The van der Waals surface area contributed by atoms with E-state index in [1.54, 1.807) is 29.2 Å². The highest BCUT2D eigenvalue weighted by Gasteiger charge is 2.14. The van der Waals surface area contributed by atoms with Gasteiger partial charge in [-0.1, -0.05) is 6.07 Å². The topological polar surface area (TPSA) is 80.9 Å². The van der Waals surface area contributed by atoms with Crippen LogP contribution in [0.3, 0.4) is 0 Å². The smallest absolute Gasteiger partial charge is 0.303 e. The highest BCUT2D eigenvalue weighted by molar-refractivity contribution is 5.91. The van der Waals surface area contributed by atoms with Crippen molar-refractivity contribution in [3.05, 3.63) is 46.9 Å². The van der Waals surface area contributed by atoms with E-state index < -0.39 is 11.5 Å². The quantitative estimate of drug-likeness (QED) is 0.609. The molecule has 0 amide bonds. The van der Waals surface area contributed by atoms with Gasteiger partial charge in [0.15, 0.2) is 11.5 Å². The Hall–Kier alpha value is -3.03. The van der Waals surface area contributed by atoms with Gasteiger partial charge in [0.1, 0.15) is 5.82 Å². The number of hydrogen-bond donors (Lipinski definition) is 1. The van der Waals surface area contributed by atoms with Gasteiger partial charge in [-0.05, 0) is 19.1 Å². The van der Waals surface area contributed by atoms with Gasteiger partial charge >= 0.3 is 5.69 Å². The predicted octanol–water partition coefficient (Wildman–Crippen LogP) is 1.59. The first kappa shape index (κ1) is 12.7. The zero-order valence-electron chi connectivity index (χ0n) is 11.6. The number of nitrogens with one attached hydrogen (secondary N) is 1. The predicted molar refractivity (Wildman–Crippen MR) is 78.0 cm³/mol. The number of halogens is 1. The van der Waals surface area contributed by atoms with E-state index in [-0.39, 0.29) is 5.52 Å². The maximum atomic E-state index is 13.8. The fourth-order valence-corrected chi connectivity index (χ4v) is 2.40. The Kier molecular flexibility index (Phi) is 2.59. The maximum absolute atomic E-state index is 13.8. The number of rotatable bonds is 2. The van der Waals surface area contributed by atoms with Gasteiger partial charge in [0.05, 0.1) is 17.3 Å². The number of benzene rings is 1. The van der Waals surface area contributed by atoms with Gasteiger partial charge in [-0.2, -0.15) is 9.61 Å². The van der Waals surface area contributed by atoms with Crippen LogP contribution in [0, 0.1) is 5.82 Å². The molecule has 0 aliphatic rings. The Morgan fingerprint density at radius 3 is 3.00 bits per heavy atom. The molecule has 8 heteroatoms. The second-order valence-corrected chi connectivity index (χ2v) is 4.85. The number of H-pyrrole nitrogens is 1. The van der Waals surface area contributed by atoms with Crippen molar-refractivity contribution in [1.29, 1.82) is 0 Å². The molecular formula is C14H11FN6O. The lowest BCUT2D eigenvalue weighted by Gasteiger charge is -1.99. The SMILES string of the molecule is CCn1cc(-c2nc3c4cccc(F)c4[nH]c(=O)n3n2)cn1. The molecule has 4 aromatic rings. The Morgan fingerprint density at radius 2 is 2.23 bits per heavy atom. The van der Waals surface area contributed by atoms with Crippen molar-refractivity contribution in [3.8, 4) is 11.4 Å². The molecule has 0 saturated heterocycles. The third kappa shape index (κ3) is 1.73. The lowest BCUT2D eigenvalue weighted by Crippen LogP contribution is -2.17. The number of aryl methyl sites for hydroxylation is 1. The van der Waals surface area contributed by atoms with Crippen molar-refractivity contribution in [2.45, 2.75) is 13.5 Å². The number of hydrogen-bond acceptors (Lipinski definition) is 4. The summed E-state index contributed by atoms with van der Waals surface area (Å²) in [4.78, 5) is 18.9. The molecule has 3 heterocycles. The number of aromatic amines is 1. The van der Waals surface area contributed by atoms with Crippen molar-refractivity contribution >= 4 is 16.6 Å². The Labute approximate surface area is 123 Å². The van der Waals surface area contributed by atoms with Gasteiger partial charge in [0.25, 0.3) is 0 Å². The molecule has 0 unspecified atom stereocenters. The Bertz CT molecular complexity index is 1060. The molecule has 1 aromatic carbocycles. The molecule has 0 spiro atoms. The highest BCUT2D eigenvalue weighted by atomic mass is 19.1. The first-order chi connectivity index (χ1) is 10.7. The van der Waals surface area contributed by atoms with E-state index in [4.69, 9.17) is 0 Å². The third-order valence-electron chi connectivity index (χ3n) is 3.50. The van der Waals surface area contributed by atoms with Crippen molar-refractivity contribution in [2.75, 3.05) is 0 Å². The van der Waals surface area contributed by atoms with Crippen LogP contribution in [0.5, 0.6) is 0 Å². The van der Waals surface area contributed by atoms with Gasteiger partial charge < -0.3 is 4.98 Å². The van der Waals surface area contributed by atoms with Crippen LogP contribution in [0.1, 0.15) is 6.92 Å². The molecule has 0 atom stereocenters. The first-order valence-electron chi connectivity index (χ1n) is 6.77. The highest BCUT2D eigenvalue weighted by Crippen LogP contribution is 2.20. The van der Waals surface area contributed by atoms with E-state index in [0.717, 1.165) is 11.1 Å². The minimum atomic E-state index is -0.533. The van der Waals surface area contributed by atoms with Crippen molar-refractivity contribution < 1.29 is 4.39 Å². The average Bonchev–Trinajstić information content (AvgIpc) is 3.15. The zero-order chi connectivity index (χ0) is 15.3. The van der Waals surface area contributed by atoms with Crippen LogP contribution < -0.4 is 5.69 Å². The van der Waals surface area contributed by atoms with E-state index in [0.29, 0.717) is 22.4 Å². The lowest BCUT2D eigenvalue weighted by atomic mass is 10.2. The summed E-state index contributed by atoms with van der Waals surface area (Å²) in [7, 11) is 0. The summed E-state index contributed by atoms with van der Waals surface area (Å²) in [5.41, 5.74) is 0.615. The molecule has 0 aliphatic heterocycles. The summed E-state index contributed by atoms with van der Waals surface area (Å²) in [6, 6.07) is 4.55. The molecule has 3 aromatic heterocycles. The number of para-hydroxylation sites is 1. The summed E-state index contributed by atoms with van der Waals surface area (Å²) in [5, 5.41) is 8.86. The normalized spacial score (nSPS) is 11.5. The van der Waals surface area contributed by atoms with Crippen LogP contribution in [0.25, 0.3) is 27.9 Å². The van der Waals surface area contributed by atoms with Crippen LogP contribution >= 0.6 is 0 Å². The second-order valence-electron chi connectivity index (χ2n) is 4.85. The third-order valence-corrected chi connectivity index (χ3v) is 3.50. The van der Waals surface area contributed by atoms with Crippen LogP contribution in [-0.2, 0) is 6.54 Å². The van der Waals surface area contributed by atoms with Gasteiger partial charge in [-0.3, -0.25) is 4.68 Å². The van der Waals surface area contributed by atoms with E-state index in [9.17, 15) is 9.18 Å². The maximum Gasteiger partial charge on any atom is 0.348 e. The van der Waals surface area contributed by atoms with E-state index >= 15 is 0 Å². The van der Waals surface area contributed by atoms with E-state index in [2.05, 4.69) is 20.2 Å². The van der Waals surface area contributed by atoms with Gasteiger partial charge in [-0.15, -0.1) is 5.10 Å². The summed E-state index contributed by atoms with van der Waals surface area (Å²) in [5.74, 6) is -0.123. The minimum Gasteiger partial charge on any atom is -0.303 e. The molecule has 22 heavy (non-hydrogen) atoms. The van der Waals surface area contributed by atoms with Gasteiger partial charge in [0, 0.05) is 18.1 Å². The van der Waals surface area contributed by atoms with E-state index in [1.807, 2.05) is 6.92 Å². The van der Waals surface area contributed by atoms with Crippen LogP contribution in [0.2, 0.25) is 0 Å². The summed E-state index contributed by atoms with van der Waals surface area (Å²) < 4.78 is 16.7. The second kappa shape index (κ2) is 4.48. The molecule has 0 bridgehead atoms. The van der Waals surface area contributed by atoms with Crippen LogP contribution in [-0.4, -0.2) is 29.4 Å². The first-order valence-corrected chi connectivity index (χ1v) is 6.77. The van der Waals surface area contributed by atoms with Crippen molar-refractivity contribution in [2.24, 2.45) is 0 Å². The summed E-state index contributed by atoms with van der Waals surface area (Å²) >= 11 is 0. The molecule has 0 saturated carbocycles. The number of fused-ring (bicyclic) bond motifs is 3. The van der Waals surface area contributed by atoms with E-state index in [1.165, 1.54) is 6.07 Å². The largest absolute Gasteiger partial charge is 0.348 e. The van der Waals surface area contributed by atoms with Crippen molar-refractivity contribution in [3.63, 3.8) is 0 Å². The Morgan fingerprint density at radius 1 is 1.36 bits per heavy atom. The molecule has 1 N–H and O–H groups in total. The van der Waals surface area contributed by atoms with Crippen LogP contribution in [0.4, 0.5) is 4.39 Å².